The molecule has 0 radical (unpaired) electrons. The topological polar surface area (TPSA) is 149 Å². The number of sulfonamides is 1. The number of anilines is 2. The summed E-state index contributed by atoms with van der Waals surface area (Å²) in [6.45, 7) is 2.36. The Balaban J connectivity index is 1.37. The average molecular weight is 496 g/mol. The van der Waals surface area contributed by atoms with Gasteiger partial charge in [-0.25, -0.2) is 28.4 Å². The van der Waals surface area contributed by atoms with Gasteiger partial charge in [0.1, 0.15) is 22.9 Å². The predicted octanol–water partition coefficient (Wildman–Crippen LogP) is 2.41. The molecule has 35 heavy (non-hydrogen) atoms. The Hall–Kier alpha value is -3.67. The monoisotopic (exact) mass is 495 g/mol. The van der Waals surface area contributed by atoms with Gasteiger partial charge in [0, 0.05) is 18.0 Å². The van der Waals surface area contributed by atoms with Crippen molar-refractivity contribution in [1.29, 1.82) is 0 Å². The second-order valence-corrected chi connectivity index (χ2v) is 10.7. The zero-order valence-electron chi connectivity index (χ0n) is 19.3. The Kier molecular flexibility index (Phi) is 5.83. The van der Waals surface area contributed by atoms with E-state index in [-0.39, 0.29) is 11.7 Å². The molecule has 0 aliphatic heterocycles. The van der Waals surface area contributed by atoms with Crippen molar-refractivity contribution in [3.05, 3.63) is 48.8 Å². The van der Waals surface area contributed by atoms with E-state index < -0.39 is 15.4 Å². The molecular weight excluding hydrogens is 470 g/mol. The van der Waals surface area contributed by atoms with Gasteiger partial charge in [-0.15, -0.1) is 0 Å². The van der Waals surface area contributed by atoms with Gasteiger partial charge in [-0.2, -0.15) is 0 Å². The van der Waals surface area contributed by atoms with Crippen molar-refractivity contribution in [1.82, 2.24) is 24.9 Å². The SMILES string of the molecule is CCOc1cncc(-c2ccc(NC(=O)C3(c4nccc(NS(C)(=O)=O)n4)CC4CC4C3)nc2)n1. The molecule has 3 aromatic heterocycles. The molecule has 3 heterocycles. The molecule has 2 aliphatic carbocycles. The molecule has 2 atom stereocenters. The highest BCUT2D eigenvalue weighted by molar-refractivity contribution is 7.92. The van der Waals surface area contributed by atoms with Gasteiger partial charge in [0.2, 0.25) is 21.8 Å². The molecule has 182 valence electrons. The summed E-state index contributed by atoms with van der Waals surface area (Å²) in [5.74, 6) is 1.91. The standard InChI is InChI=1S/C23H25N7O4S/c1-3-34-20-13-24-12-17(27-20)14-4-5-18(26-11-14)29-22(31)23(9-15-8-16(15)10-23)21-25-7-6-19(28-21)30-35(2,32)33/h4-7,11-13,15-16H,3,8-10H2,1-2H3,(H,25,28,30)(H,26,29,31). The van der Waals surface area contributed by atoms with Crippen LogP contribution in [-0.2, 0) is 20.2 Å². The lowest BCUT2D eigenvalue weighted by molar-refractivity contribution is -0.122. The molecule has 0 bridgehead atoms. The van der Waals surface area contributed by atoms with Crippen LogP contribution in [-0.4, -0.2) is 52.1 Å². The maximum absolute atomic E-state index is 13.6. The highest BCUT2D eigenvalue weighted by Gasteiger charge is 2.59. The van der Waals surface area contributed by atoms with Crippen LogP contribution in [0.3, 0.4) is 0 Å². The van der Waals surface area contributed by atoms with E-state index in [1.807, 2.05) is 6.92 Å². The van der Waals surface area contributed by atoms with E-state index in [4.69, 9.17) is 4.74 Å². The first-order chi connectivity index (χ1) is 16.8. The second kappa shape index (κ2) is 8.84. The summed E-state index contributed by atoms with van der Waals surface area (Å²) in [7, 11) is -3.51. The van der Waals surface area contributed by atoms with Crippen molar-refractivity contribution >= 4 is 27.6 Å². The fourth-order valence-electron chi connectivity index (χ4n) is 4.65. The van der Waals surface area contributed by atoms with Crippen LogP contribution in [0.4, 0.5) is 11.6 Å². The highest BCUT2D eigenvalue weighted by atomic mass is 32.2. The van der Waals surface area contributed by atoms with Gasteiger partial charge >= 0.3 is 0 Å². The molecule has 2 unspecified atom stereocenters. The smallest absolute Gasteiger partial charge is 0.239 e. The van der Waals surface area contributed by atoms with Gasteiger partial charge in [0.15, 0.2) is 0 Å². The van der Waals surface area contributed by atoms with Crippen LogP contribution < -0.4 is 14.8 Å². The summed E-state index contributed by atoms with van der Waals surface area (Å²) in [4.78, 5) is 35.3. The predicted molar refractivity (Wildman–Crippen MR) is 128 cm³/mol. The lowest BCUT2D eigenvalue weighted by atomic mass is 9.80. The van der Waals surface area contributed by atoms with E-state index >= 15 is 0 Å². The van der Waals surface area contributed by atoms with Gasteiger partial charge in [0.05, 0.1) is 31.0 Å². The number of rotatable bonds is 8. The molecule has 0 spiro atoms. The molecule has 1 amide bonds. The maximum Gasteiger partial charge on any atom is 0.239 e. The first-order valence-corrected chi connectivity index (χ1v) is 13.2. The zero-order chi connectivity index (χ0) is 24.6. The Morgan fingerprint density at radius 1 is 1.09 bits per heavy atom. The number of nitrogens with zero attached hydrogens (tertiary/aromatic N) is 5. The minimum atomic E-state index is -3.51. The number of hydrogen-bond donors (Lipinski definition) is 2. The molecule has 2 fully saturated rings. The first-order valence-electron chi connectivity index (χ1n) is 11.3. The Labute approximate surface area is 202 Å². The van der Waals surface area contributed by atoms with E-state index in [0.717, 1.165) is 18.2 Å². The number of nitrogens with one attached hydrogen (secondary N) is 2. The minimum absolute atomic E-state index is 0.142. The summed E-state index contributed by atoms with van der Waals surface area (Å²) in [6, 6.07) is 4.97. The van der Waals surface area contributed by atoms with Crippen molar-refractivity contribution in [2.45, 2.75) is 31.6 Å². The molecule has 2 N–H and O–H groups in total. The number of amides is 1. The van der Waals surface area contributed by atoms with E-state index in [2.05, 4.69) is 35.0 Å². The fourth-order valence-corrected chi connectivity index (χ4v) is 5.15. The van der Waals surface area contributed by atoms with Crippen molar-refractivity contribution in [2.75, 3.05) is 22.9 Å². The largest absolute Gasteiger partial charge is 0.477 e. The van der Waals surface area contributed by atoms with Gasteiger partial charge in [-0.05, 0) is 56.2 Å². The van der Waals surface area contributed by atoms with Crippen LogP contribution in [0.1, 0.15) is 32.0 Å². The highest BCUT2D eigenvalue weighted by Crippen LogP contribution is 2.60. The molecular formula is C23H25N7O4S. The average Bonchev–Trinajstić information content (AvgIpc) is 3.44. The van der Waals surface area contributed by atoms with E-state index in [1.165, 1.54) is 12.3 Å². The van der Waals surface area contributed by atoms with Crippen LogP contribution in [0.5, 0.6) is 5.88 Å². The molecule has 5 rings (SSSR count). The quantitative estimate of drug-likeness (QED) is 0.480. The van der Waals surface area contributed by atoms with E-state index in [1.54, 1.807) is 30.7 Å². The summed E-state index contributed by atoms with van der Waals surface area (Å²) in [5.41, 5.74) is 0.398. The first kappa shape index (κ1) is 23.1. The van der Waals surface area contributed by atoms with Crippen LogP contribution in [0.25, 0.3) is 11.3 Å². The molecule has 0 saturated heterocycles. The zero-order valence-corrected chi connectivity index (χ0v) is 20.1. The third kappa shape index (κ3) is 4.92. The van der Waals surface area contributed by atoms with Crippen LogP contribution in [0, 0.1) is 11.8 Å². The summed E-state index contributed by atoms with van der Waals surface area (Å²) >= 11 is 0. The van der Waals surface area contributed by atoms with E-state index in [0.29, 0.717) is 54.5 Å². The molecule has 2 saturated carbocycles. The summed E-state index contributed by atoms with van der Waals surface area (Å²) < 4.78 is 31.1. The second-order valence-electron chi connectivity index (χ2n) is 8.95. The third-order valence-corrected chi connectivity index (χ3v) is 6.88. The number of pyridine rings is 1. The van der Waals surface area contributed by atoms with Crippen LogP contribution >= 0.6 is 0 Å². The van der Waals surface area contributed by atoms with Crippen molar-refractivity contribution in [3.63, 3.8) is 0 Å². The van der Waals surface area contributed by atoms with E-state index in [9.17, 15) is 13.2 Å². The summed E-state index contributed by atoms with van der Waals surface area (Å²) in [5, 5.41) is 2.91. The fraction of sp³-hybridized carbons (Fsp3) is 0.391. The Morgan fingerprint density at radius 2 is 1.89 bits per heavy atom. The van der Waals surface area contributed by atoms with Crippen LogP contribution in [0.2, 0.25) is 0 Å². The number of aromatic nitrogens is 5. The van der Waals surface area contributed by atoms with Crippen molar-refractivity contribution in [2.24, 2.45) is 11.8 Å². The van der Waals surface area contributed by atoms with Gasteiger partial charge in [-0.3, -0.25) is 14.5 Å². The number of carbonyl (C=O) groups is 1. The summed E-state index contributed by atoms with van der Waals surface area (Å²) in [6.07, 6.45) is 9.62. The Bertz CT molecular complexity index is 1350. The molecule has 12 heteroatoms. The number of carbonyl (C=O) groups excluding carboxylic acids is 1. The molecule has 3 aromatic rings. The van der Waals surface area contributed by atoms with Crippen molar-refractivity contribution < 1.29 is 17.9 Å². The third-order valence-electron chi connectivity index (χ3n) is 6.30. The Morgan fingerprint density at radius 3 is 2.57 bits per heavy atom. The normalized spacial score (nSPS) is 22.8. The number of ether oxygens (including phenoxy) is 1. The van der Waals surface area contributed by atoms with Crippen molar-refractivity contribution in [3.8, 4) is 17.1 Å². The minimum Gasteiger partial charge on any atom is -0.477 e. The van der Waals surface area contributed by atoms with Gasteiger partial charge in [-0.1, -0.05) is 0 Å². The maximum atomic E-state index is 13.6. The molecule has 11 nitrogen and oxygen atoms in total. The number of hydrogen-bond acceptors (Lipinski definition) is 9. The lowest BCUT2D eigenvalue weighted by Crippen LogP contribution is -2.41. The lowest BCUT2D eigenvalue weighted by Gasteiger charge is -2.28. The molecule has 2 aliphatic rings. The van der Waals surface area contributed by atoms with Gasteiger partial charge < -0.3 is 10.1 Å². The number of fused-ring (bicyclic) bond motifs is 1. The van der Waals surface area contributed by atoms with Gasteiger partial charge in [0.25, 0.3) is 0 Å². The molecule has 0 aromatic carbocycles. The van der Waals surface area contributed by atoms with Crippen LogP contribution in [0.15, 0.2) is 43.0 Å².